The third-order valence-electron chi connectivity index (χ3n) is 5.15. The summed E-state index contributed by atoms with van der Waals surface area (Å²) in [4.78, 5) is 24.8. The minimum absolute atomic E-state index is 0.159. The number of aromatic nitrogens is 4. The van der Waals surface area contributed by atoms with E-state index in [4.69, 9.17) is 4.98 Å². The zero-order chi connectivity index (χ0) is 22.2. The van der Waals surface area contributed by atoms with Crippen molar-refractivity contribution < 1.29 is 4.79 Å². The third-order valence-corrected chi connectivity index (χ3v) is 7.07. The molecule has 0 fully saturated rings. The molecule has 32 heavy (non-hydrogen) atoms. The molecule has 1 amide bonds. The Morgan fingerprint density at radius 1 is 1.12 bits per heavy atom. The highest BCUT2D eigenvalue weighted by Gasteiger charge is 2.24. The van der Waals surface area contributed by atoms with E-state index >= 15 is 0 Å². The Kier molecular flexibility index (Phi) is 5.32. The SMILES string of the molecule is Cc1cc(C)c2nc(N(Cc3ccccc3)C(=O)c3csc(-c4cnn(C)c4)n3)sc2c1. The maximum atomic E-state index is 13.6. The average molecular weight is 460 g/mol. The highest BCUT2D eigenvalue weighted by molar-refractivity contribution is 7.22. The number of nitrogens with zero attached hydrogens (tertiary/aromatic N) is 5. The summed E-state index contributed by atoms with van der Waals surface area (Å²) >= 11 is 2.98. The number of anilines is 1. The second-order valence-electron chi connectivity index (χ2n) is 7.74. The molecule has 0 radical (unpaired) electrons. The van der Waals surface area contributed by atoms with Gasteiger partial charge in [0.2, 0.25) is 0 Å². The molecule has 0 bridgehead atoms. The number of amides is 1. The first-order chi connectivity index (χ1) is 15.5. The fourth-order valence-electron chi connectivity index (χ4n) is 3.64. The molecule has 0 spiro atoms. The van der Waals surface area contributed by atoms with Gasteiger partial charge in [-0.05, 0) is 36.6 Å². The van der Waals surface area contributed by atoms with Crippen LogP contribution in [0, 0.1) is 13.8 Å². The molecule has 3 aromatic heterocycles. The van der Waals surface area contributed by atoms with Gasteiger partial charge in [-0.2, -0.15) is 5.10 Å². The van der Waals surface area contributed by atoms with Crippen molar-refractivity contribution in [3.8, 4) is 10.6 Å². The molecule has 0 N–H and O–H groups in total. The summed E-state index contributed by atoms with van der Waals surface area (Å²) in [6.45, 7) is 4.56. The van der Waals surface area contributed by atoms with Gasteiger partial charge in [-0.25, -0.2) is 9.97 Å². The van der Waals surface area contributed by atoms with Crippen molar-refractivity contribution in [1.29, 1.82) is 0 Å². The van der Waals surface area contributed by atoms with Crippen molar-refractivity contribution in [2.75, 3.05) is 4.90 Å². The molecule has 2 aromatic carbocycles. The monoisotopic (exact) mass is 459 g/mol. The van der Waals surface area contributed by atoms with Crippen molar-refractivity contribution in [2.45, 2.75) is 20.4 Å². The number of carbonyl (C=O) groups is 1. The summed E-state index contributed by atoms with van der Waals surface area (Å²) < 4.78 is 2.81. The van der Waals surface area contributed by atoms with Gasteiger partial charge in [0.15, 0.2) is 5.13 Å². The summed E-state index contributed by atoms with van der Waals surface area (Å²) in [6.07, 6.45) is 3.65. The fourth-order valence-corrected chi connectivity index (χ4v) is 5.55. The predicted octanol–water partition coefficient (Wildman–Crippen LogP) is 5.62. The second kappa shape index (κ2) is 8.29. The maximum Gasteiger partial charge on any atom is 0.279 e. The summed E-state index contributed by atoms with van der Waals surface area (Å²) in [5.41, 5.74) is 5.59. The largest absolute Gasteiger partial charge is 0.279 e. The van der Waals surface area contributed by atoms with Crippen molar-refractivity contribution in [3.63, 3.8) is 0 Å². The molecule has 0 aliphatic heterocycles. The molecule has 0 saturated carbocycles. The van der Waals surface area contributed by atoms with Crippen LogP contribution in [-0.4, -0.2) is 25.7 Å². The Labute approximate surface area is 193 Å². The van der Waals surface area contributed by atoms with Crippen LogP contribution in [0.15, 0.2) is 60.2 Å². The summed E-state index contributed by atoms with van der Waals surface area (Å²) in [5, 5.41) is 7.47. The number of hydrogen-bond donors (Lipinski definition) is 0. The highest BCUT2D eigenvalue weighted by Crippen LogP contribution is 2.34. The Morgan fingerprint density at radius 3 is 2.69 bits per heavy atom. The molecule has 0 saturated heterocycles. The summed E-state index contributed by atoms with van der Waals surface area (Å²) in [5.74, 6) is -0.159. The van der Waals surface area contributed by atoms with Crippen molar-refractivity contribution >= 4 is 43.9 Å². The van der Waals surface area contributed by atoms with Crippen LogP contribution in [0.5, 0.6) is 0 Å². The van der Waals surface area contributed by atoms with E-state index in [2.05, 4.69) is 36.1 Å². The maximum absolute atomic E-state index is 13.6. The highest BCUT2D eigenvalue weighted by atomic mass is 32.1. The van der Waals surface area contributed by atoms with Gasteiger partial charge in [0.1, 0.15) is 10.7 Å². The van der Waals surface area contributed by atoms with Gasteiger partial charge >= 0.3 is 0 Å². The van der Waals surface area contributed by atoms with Crippen molar-refractivity contribution in [1.82, 2.24) is 19.7 Å². The van der Waals surface area contributed by atoms with Gasteiger partial charge < -0.3 is 0 Å². The average Bonchev–Trinajstić information content (AvgIpc) is 3.51. The lowest BCUT2D eigenvalue weighted by Crippen LogP contribution is -2.30. The number of fused-ring (bicyclic) bond motifs is 1. The second-order valence-corrected chi connectivity index (χ2v) is 9.61. The van der Waals surface area contributed by atoms with Crippen LogP contribution in [0.2, 0.25) is 0 Å². The first-order valence-electron chi connectivity index (χ1n) is 10.2. The van der Waals surface area contributed by atoms with E-state index in [-0.39, 0.29) is 5.91 Å². The number of rotatable bonds is 5. The van der Waals surface area contributed by atoms with Gasteiger partial charge in [0, 0.05) is 24.2 Å². The molecule has 8 heteroatoms. The topological polar surface area (TPSA) is 63.9 Å². The van der Waals surface area contributed by atoms with E-state index in [0.717, 1.165) is 31.9 Å². The molecule has 5 aromatic rings. The van der Waals surface area contributed by atoms with Crippen LogP contribution < -0.4 is 4.90 Å². The lowest BCUT2D eigenvalue weighted by Gasteiger charge is -2.19. The smallest absolute Gasteiger partial charge is 0.278 e. The molecule has 3 heterocycles. The van der Waals surface area contributed by atoms with Gasteiger partial charge in [-0.15, -0.1) is 11.3 Å². The number of carbonyl (C=O) groups excluding carboxylic acids is 1. The van der Waals surface area contributed by atoms with Gasteiger partial charge in [0.25, 0.3) is 5.91 Å². The standard InChI is InChI=1S/C24H21N5OS2/c1-15-9-16(2)21-20(10-15)32-24(27-21)29(12-17-7-5-4-6-8-17)23(30)19-14-31-22(26-19)18-11-25-28(3)13-18/h4-11,13-14H,12H2,1-3H3. The van der Waals surface area contributed by atoms with Crippen LogP contribution in [0.25, 0.3) is 20.8 Å². The molecule has 160 valence electrons. The van der Waals surface area contributed by atoms with Crippen LogP contribution >= 0.6 is 22.7 Å². The molecule has 0 unspecified atom stereocenters. The van der Waals surface area contributed by atoms with Crippen LogP contribution in [-0.2, 0) is 13.6 Å². The molecule has 0 aliphatic carbocycles. The Hall–Kier alpha value is -3.36. The quantitative estimate of drug-likeness (QED) is 0.342. The van der Waals surface area contributed by atoms with E-state index in [9.17, 15) is 4.79 Å². The summed E-state index contributed by atoms with van der Waals surface area (Å²) in [6, 6.07) is 14.2. The zero-order valence-electron chi connectivity index (χ0n) is 17.9. The van der Waals surface area contributed by atoms with Crippen LogP contribution in [0.3, 0.4) is 0 Å². The van der Waals surface area contributed by atoms with E-state index in [1.165, 1.54) is 28.2 Å². The lowest BCUT2D eigenvalue weighted by atomic mass is 10.1. The third kappa shape index (κ3) is 3.94. The first-order valence-corrected chi connectivity index (χ1v) is 11.9. The van der Waals surface area contributed by atoms with E-state index in [1.807, 2.05) is 49.0 Å². The number of benzene rings is 2. The molecular formula is C24H21N5OS2. The van der Waals surface area contributed by atoms with E-state index in [1.54, 1.807) is 15.8 Å². The first kappa shape index (κ1) is 20.5. The predicted molar refractivity (Wildman–Crippen MR) is 130 cm³/mol. The molecule has 5 rings (SSSR count). The lowest BCUT2D eigenvalue weighted by molar-refractivity contribution is 0.0981. The Balaban J connectivity index is 1.55. The minimum atomic E-state index is -0.159. The Morgan fingerprint density at radius 2 is 1.94 bits per heavy atom. The fraction of sp³-hybridized carbons (Fsp3) is 0.167. The minimum Gasteiger partial charge on any atom is -0.278 e. The normalized spacial score (nSPS) is 11.2. The van der Waals surface area contributed by atoms with E-state index < -0.39 is 0 Å². The van der Waals surface area contributed by atoms with Crippen molar-refractivity contribution in [2.24, 2.45) is 7.05 Å². The molecule has 0 aliphatic rings. The number of aryl methyl sites for hydroxylation is 3. The van der Waals surface area contributed by atoms with Crippen LogP contribution in [0.1, 0.15) is 27.2 Å². The van der Waals surface area contributed by atoms with E-state index in [0.29, 0.717) is 17.4 Å². The van der Waals surface area contributed by atoms with Crippen molar-refractivity contribution in [3.05, 3.63) is 82.6 Å². The molecular weight excluding hydrogens is 438 g/mol. The van der Waals surface area contributed by atoms with Crippen LogP contribution in [0.4, 0.5) is 5.13 Å². The van der Waals surface area contributed by atoms with Gasteiger partial charge in [0.05, 0.1) is 23.0 Å². The van der Waals surface area contributed by atoms with Gasteiger partial charge in [-0.3, -0.25) is 14.4 Å². The summed E-state index contributed by atoms with van der Waals surface area (Å²) in [7, 11) is 1.86. The molecule has 0 atom stereocenters. The number of thiazole rings is 2. The zero-order valence-corrected chi connectivity index (χ0v) is 19.6. The van der Waals surface area contributed by atoms with Gasteiger partial charge in [-0.1, -0.05) is 47.7 Å². The number of hydrogen-bond acceptors (Lipinski definition) is 6. The Bertz CT molecular complexity index is 1420. The molecule has 6 nitrogen and oxygen atoms in total.